The Morgan fingerprint density at radius 1 is 1.22 bits per heavy atom. The van der Waals surface area contributed by atoms with Gasteiger partial charge in [-0.05, 0) is 34.1 Å². The number of thiophene rings is 1. The number of nitrogens with one attached hydrogen (secondary N) is 1. The third-order valence-electron chi connectivity index (χ3n) is 3.01. The van der Waals surface area contributed by atoms with Crippen molar-refractivity contribution in [1.82, 2.24) is 10.3 Å². The second kappa shape index (κ2) is 7.68. The topological polar surface area (TPSA) is 42.0 Å². The van der Waals surface area contributed by atoms with Crippen molar-refractivity contribution in [2.45, 2.75) is 6.54 Å². The Kier molecular flexibility index (Phi) is 5.38. The highest BCUT2D eigenvalue weighted by atomic mass is 79.9. The van der Waals surface area contributed by atoms with E-state index in [9.17, 15) is 4.79 Å². The number of benzene rings is 1. The van der Waals surface area contributed by atoms with Crippen LogP contribution in [0.5, 0.6) is 0 Å². The number of carbonyl (C=O) groups excluding carboxylic acids is 1. The molecule has 23 heavy (non-hydrogen) atoms. The monoisotopic (exact) mass is 404 g/mol. The van der Waals surface area contributed by atoms with E-state index in [-0.39, 0.29) is 5.91 Å². The Balaban J connectivity index is 1.55. The molecule has 0 spiro atoms. The van der Waals surface area contributed by atoms with Gasteiger partial charge in [0.15, 0.2) is 0 Å². The van der Waals surface area contributed by atoms with Crippen molar-refractivity contribution in [1.29, 1.82) is 0 Å². The van der Waals surface area contributed by atoms with Gasteiger partial charge in [-0.3, -0.25) is 4.79 Å². The Morgan fingerprint density at radius 2 is 2.04 bits per heavy atom. The molecule has 0 saturated carbocycles. The molecule has 2 heterocycles. The van der Waals surface area contributed by atoms with Crippen molar-refractivity contribution in [3.05, 3.63) is 68.3 Å². The lowest BCUT2D eigenvalue weighted by molar-refractivity contribution is -0.116. The number of aromatic nitrogens is 1. The van der Waals surface area contributed by atoms with E-state index < -0.39 is 0 Å². The second-order valence-corrected chi connectivity index (χ2v) is 8.06. The fourth-order valence-corrected chi connectivity index (χ4v) is 4.07. The molecule has 3 rings (SSSR count). The maximum atomic E-state index is 11.8. The first-order chi connectivity index (χ1) is 11.2. The summed E-state index contributed by atoms with van der Waals surface area (Å²) in [6.07, 6.45) is 3.35. The molecule has 3 aromatic rings. The van der Waals surface area contributed by atoms with Crippen LogP contribution in [0.1, 0.15) is 10.6 Å². The van der Waals surface area contributed by atoms with E-state index >= 15 is 0 Å². The molecule has 0 aliphatic rings. The third kappa shape index (κ3) is 4.60. The molecule has 0 unspecified atom stereocenters. The minimum atomic E-state index is -0.121. The van der Waals surface area contributed by atoms with Crippen LogP contribution in [0.4, 0.5) is 0 Å². The minimum absolute atomic E-state index is 0.121. The molecule has 116 valence electrons. The molecule has 6 heteroatoms. The van der Waals surface area contributed by atoms with Gasteiger partial charge in [0.2, 0.25) is 5.91 Å². The number of rotatable bonds is 5. The van der Waals surface area contributed by atoms with E-state index in [1.54, 1.807) is 34.8 Å². The van der Waals surface area contributed by atoms with Gasteiger partial charge < -0.3 is 5.32 Å². The standard InChI is InChI=1S/C17H13BrN2OS2/c18-15-8-6-14(23-15)7-9-16(21)19-10-13-11-22-17(20-13)12-4-2-1-3-5-12/h1-9,11H,10H2,(H,19,21)/b9-7+. The van der Waals surface area contributed by atoms with Gasteiger partial charge in [-0.1, -0.05) is 30.3 Å². The number of thiazole rings is 1. The number of hydrogen-bond donors (Lipinski definition) is 1. The number of nitrogens with zero attached hydrogens (tertiary/aromatic N) is 1. The van der Waals surface area contributed by atoms with Crippen LogP contribution < -0.4 is 5.32 Å². The van der Waals surface area contributed by atoms with Crippen LogP contribution in [0, 0.1) is 0 Å². The lowest BCUT2D eigenvalue weighted by atomic mass is 10.2. The van der Waals surface area contributed by atoms with Gasteiger partial charge in [0.1, 0.15) is 5.01 Å². The van der Waals surface area contributed by atoms with Gasteiger partial charge in [-0.2, -0.15) is 0 Å². The third-order valence-corrected chi connectivity index (χ3v) is 5.54. The minimum Gasteiger partial charge on any atom is -0.347 e. The van der Waals surface area contributed by atoms with E-state index in [0.717, 1.165) is 24.9 Å². The molecular weight excluding hydrogens is 392 g/mol. The summed E-state index contributed by atoms with van der Waals surface area (Å²) in [7, 11) is 0. The summed E-state index contributed by atoms with van der Waals surface area (Å²) in [5.74, 6) is -0.121. The number of carbonyl (C=O) groups is 1. The Hall–Kier alpha value is -1.76. The number of amides is 1. The van der Waals surface area contributed by atoms with Gasteiger partial charge >= 0.3 is 0 Å². The van der Waals surface area contributed by atoms with E-state index in [2.05, 4.69) is 26.2 Å². The van der Waals surface area contributed by atoms with Gasteiger partial charge in [-0.25, -0.2) is 4.98 Å². The maximum absolute atomic E-state index is 11.8. The van der Waals surface area contributed by atoms with Crippen LogP contribution in [0.3, 0.4) is 0 Å². The van der Waals surface area contributed by atoms with Crippen molar-refractivity contribution in [3.8, 4) is 10.6 Å². The average Bonchev–Trinajstić information content (AvgIpc) is 3.21. The summed E-state index contributed by atoms with van der Waals surface area (Å²) in [4.78, 5) is 17.4. The highest BCUT2D eigenvalue weighted by Crippen LogP contribution is 2.24. The zero-order chi connectivity index (χ0) is 16.1. The van der Waals surface area contributed by atoms with Crippen LogP contribution in [0.25, 0.3) is 16.6 Å². The first-order valence-electron chi connectivity index (χ1n) is 6.92. The highest BCUT2D eigenvalue weighted by Gasteiger charge is 2.05. The van der Waals surface area contributed by atoms with Gasteiger partial charge in [-0.15, -0.1) is 22.7 Å². The van der Waals surface area contributed by atoms with Crippen molar-refractivity contribution < 1.29 is 4.79 Å². The van der Waals surface area contributed by atoms with Crippen molar-refractivity contribution >= 4 is 50.6 Å². The van der Waals surface area contributed by atoms with E-state index in [1.165, 1.54) is 0 Å². The molecule has 2 aromatic heterocycles. The van der Waals surface area contributed by atoms with Gasteiger partial charge in [0.05, 0.1) is 16.0 Å². The number of hydrogen-bond acceptors (Lipinski definition) is 4. The lowest BCUT2D eigenvalue weighted by Crippen LogP contribution is -2.20. The Labute approximate surface area is 150 Å². The largest absolute Gasteiger partial charge is 0.347 e. The predicted molar refractivity (Wildman–Crippen MR) is 100 cm³/mol. The molecule has 1 amide bonds. The SMILES string of the molecule is O=C(/C=C/c1ccc(Br)s1)NCc1csc(-c2ccccc2)n1. The fourth-order valence-electron chi connectivity index (χ4n) is 1.91. The molecule has 0 radical (unpaired) electrons. The summed E-state index contributed by atoms with van der Waals surface area (Å²) < 4.78 is 1.05. The molecule has 0 aliphatic carbocycles. The zero-order valence-electron chi connectivity index (χ0n) is 12.0. The lowest BCUT2D eigenvalue weighted by Gasteiger charge is -1.98. The normalized spacial score (nSPS) is 11.0. The maximum Gasteiger partial charge on any atom is 0.244 e. The van der Waals surface area contributed by atoms with E-state index in [1.807, 2.05) is 47.8 Å². The molecule has 0 atom stereocenters. The molecule has 1 N–H and O–H groups in total. The predicted octanol–water partition coefficient (Wildman–Crippen LogP) is 4.96. The van der Waals surface area contributed by atoms with Crippen LogP contribution in [-0.2, 0) is 11.3 Å². The highest BCUT2D eigenvalue weighted by molar-refractivity contribution is 9.11. The summed E-state index contributed by atoms with van der Waals surface area (Å²) >= 11 is 6.57. The molecule has 0 aliphatic heterocycles. The molecule has 0 saturated heterocycles. The van der Waals surface area contributed by atoms with Crippen molar-refractivity contribution in [2.24, 2.45) is 0 Å². The van der Waals surface area contributed by atoms with Gasteiger partial charge in [0.25, 0.3) is 0 Å². The molecular formula is C17H13BrN2OS2. The van der Waals surface area contributed by atoms with Crippen LogP contribution in [0.2, 0.25) is 0 Å². The summed E-state index contributed by atoms with van der Waals surface area (Å²) in [5.41, 5.74) is 1.97. The Bertz CT molecular complexity index is 824. The van der Waals surface area contributed by atoms with E-state index in [4.69, 9.17) is 0 Å². The molecule has 1 aromatic carbocycles. The first kappa shape index (κ1) is 16.1. The first-order valence-corrected chi connectivity index (χ1v) is 9.41. The molecule has 3 nitrogen and oxygen atoms in total. The number of halogens is 1. The summed E-state index contributed by atoms with van der Waals surface area (Å²) in [5, 5.41) is 5.79. The molecule has 0 fully saturated rings. The molecule has 0 bridgehead atoms. The van der Waals surface area contributed by atoms with E-state index in [0.29, 0.717) is 6.54 Å². The second-order valence-electron chi connectivity index (χ2n) is 4.70. The quantitative estimate of drug-likeness (QED) is 0.610. The van der Waals surface area contributed by atoms with Crippen LogP contribution in [0.15, 0.2) is 57.7 Å². The smallest absolute Gasteiger partial charge is 0.244 e. The Morgan fingerprint density at radius 3 is 2.78 bits per heavy atom. The van der Waals surface area contributed by atoms with Crippen LogP contribution >= 0.6 is 38.6 Å². The van der Waals surface area contributed by atoms with Gasteiger partial charge in [0, 0.05) is 21.9 Å². The van der Waals surface area contributed by atoms with Crippen molar-refractivity contribution in [3.63, 3.8) is 0 Å². The summed E-state index contributed by atoms with van der Waals surface area (Å²) in [6.45, 7) is 0.431. The summed E-state index contributed by atoms with van der Waals surface area (Å²) in [6, 6.07) is 14.0. The van der Waals surface area contributed by atoms with Crippen LogP contribution in [-0.4, -0.2) is 10.9 Å². The van der Waals surface area contributed by atoms with Crippen molar-refractivity contribution in [2.75, 3.05) is 0 Å². The zero-order valence-corrected chi connectivity index (χ0v) is 15.2. The fraction of sp³-hybridized carbons (Fsp3) is 0.0588. The average molecular weight is 405 g/mol.